The standard InChI is InChI=1S/C12H19BrO3/c1-2-3-4-5-8(13)9-6-10-11(15-9)7-12(14)16-10/h3-4,8-12,14H,2,5-7H2,1H3/b4-3+/t8-,9-,10-,11-,12?/m1/s1. The Balaban J connectivity index is 1.78. The van der Waals surface area contributed by atoms with Crippen molar-refractivity contribution in [1.29, 1.82) is 0 Å². The van der Waals surface area contributed by atoms with Crippen LogP contribution in [0.25, 0.3) is 0 Å². The van der Waals surface area contributed by atoms with Gasteiger partial charge in [0.1, 0.15) is 0 Å². The highest BCUT2D eigenvalue weighted by Gasteiger charge is 2.44. The summed E-state index contributed by atoms with van der Waals surface area (Å²) in [6.07, 6.45) is 7.70. The second-order valence-electron chi connectivity index (χ2n) is 4.44. The van der Waals surface area contributed by atoms with E-state index >= 15 is 0 Å². The van der Waals surface area contributed by atoms with Crippen molar-refractivity contribution >= 4 is 15.9 Å². The quantitative estimate of drug-likeness (QED) is 0.638. The van der Waals surface area contributed by atoms with Crippen LogP contribution in [-0.4, -0.2) is 34.5 Å². The zero-order valence-corrected chi connectivity index (χ0v) is 11.1. The number of fused-ring (bicyclic) bond motifs is 1. The van der Waals surface area contributed by atoms with E-state index in [1.165, 1.54) is 0 Å². The Hall–Kier alpha value is 0.1000. The molecular formula is C12H19BrO3. The number of ether oxygens (including phenoxy) is 2. The van der Waals surface area contributed by atoms with E-state index in [9.17, 15) is 5.11 Å². The van der Waals surface area contributed by atoms with Crippen LogP contribution in [0.4, 0.5) is 0 Å². The largest absolute Gasteiger partial charge is 0.371 e. The molecule has 0 amide bonds. The van der Waals surface area contributed by atoms with Crippen LogP contribution >= 0.6 is 15.9 Å². The molecule has 0 bridgehead atoms. The van der Waals surface area contributed by atoms with E-state index in [4.69, 9.17) is 9.47 Å². The first kappa shape index (κ1) is 12.6. The molecule has 2 aliphatic rings. The average Bonchev–Trinajstić information content (AvgIpc) is 2.74. The maximum atomic E-state index is 9.31. The molecule has 5 atom stereocenters. The van der Waals surface area contributed by atoms with Gasteiger partial charge in [-0.3, -0.25) is 0 Å². The lowest BCUT2D eigenvalue weighted by molar-refractivity contribution is -0.0909. The molecule has 2 aliphatic heterocycles. The van der Waals surface area contributed by atoms with Gasteiger partial charge in [0.2, 0.25) is 0 Å². The van der Waals surface area contributed by atoms with Gasteiger partial charge in [-0.2, -0.15) is 0 Å². The molecule has 2 rings (SSSR count). The maximum absolute atomic E-state index is 9.31. The Morgan fingerprint density at radius 1 is 1.31 bits per heavy atom. The van der Waals surface area contributed by atoms with Crippen LogP contribution in [-0.2, 0) is 9.47 Å². The third-order valence-electron chi connectivity index (χ3n) is 3.16. The molecular weight excluding hydrogens is 272 g/mol. The summed E-state index contributed by atoms with van der Waals surface area (Å²) in [6, 6.07) is 0. The fourth-order valence-corrected chi connectivity index (χ4v) is 2.89. The monoisotopic (exact) mass is 290 g/mol. The molecule has 4 heteroatoms. The topological polar surface area (TPSA) is 38.7 Å². The van der Waals surface area contributed by atoms with Gasteiger partial charge in [0.15, 0.2) is 6.29 Å². The van der Waals surface area contributed by atoms with E-state index in [0.29, 0.717) is 11.2 Å². The minimum Gasteiger partial charge on any atom is -0.371 e. The molecule has 0 radical (unpaired) electrons. The Morgan fingerprint density at radius 2 is 2.06 bits per heavy atom. The first-order valence-corrected chi connectivity index (χ1v) is 6.90. The first-order chi connectivity index (χ1) is 7.70. The van der Waals surface area contributed by atoms with Gasteiger partial charge in [0, 0.05) is 17.7 Å². The predicted octanol–water partition coefficient (Wildman–Crippen LogP) is 2.37. The van der Waals surface area contributed by atoms with Gasteiger partial charge in [0.25, 0.3) is 0 Å². The van der Waals surface area contributed by atoms with E-state index in [2.05, 4.69) is 35.0 Å². The van der Waals surface area contributed by atoms with Crippen molar-refractivity contribution in [3.63, 3.8) is 0 Å². The van der Waals surface area contributed by atoms with Crippen LogP contribution in [0.1, 0.15) is 32.6 Å². The van der Waals surface area contributed by atoms with Gasteiger partial charge < -0.3 is 14.6 Å². The molecule has 16 heavy (non-hydrogen) atoms. The van der Waals surface area contributed by atoms with Gasteiger partial charge in [-0.15, -0.1) is 0 Å². The Bertz CT molecular complexity index is 243. The predicted molar refractivity (Wildman–Crippen MR) is 65.5 cm³/mol. The highest BCUT2D eigenvalue weighted by Crippen LogP contribution is 2.36. The van der Waals surface area contributed by atoms with E-state index in [1.807, 2.05) is 0 Å². The average molecular weight is 291 g/mol. The summed E-state index contributed by atoms with van der Waals surface area (Å²) < 4.78 is 11.3. The van der Waals surface area contributed by atoms with E-state index < -0.39 is 6.29 Å². The Labute approximate surface area is 105 Å². The summed E-state index contributed by atoms with van der Waals surface area (Å²) in [5, 5.41) is 9.31. The van der Waals surface area contributed by atoms with Crippen molar-refractivity contribution in [3.8, 4) is 0 Å². The summed E-state index contributed by atoms with van der Waals surface area (Å²) in [5.41, 5.74) is 0. The zero-order chi connectivity index (χ0) is 11.5. The Kier molecular flexibility index (Phi) is 4.41. The van der Waals surface area contributed by atoms with E-state index in [-0.39, 0.29) is 18.3 Å². The van der Waals surface area contributed by atoms with Gasteiger partial charge in [-0.1, -0.05) is 35.0 Å². The molecule has 0 spiro atoms. The van der Waals surface area contributed by atoms with Crippen LogP contribution in [0, 0.1) is 0 Å². The number of alkyl halides is 1. The Morgan fingerprint density at radius 3 is 2.75 bits per heavy atom. The molecule has 3 nitrogen and oxygen atoms in total. The molecule has 0 aliphatic carbocycles. The van der Waals surface area contributed by atoms with Crippen molar-refractivity contribution in [1.82, 2.24) is 0 Å². The molecule has 0 aromatic heterocycles. The minimum atomic E-state index is -0.621. The first-order valence-electron chi connectivity index (χ1n) is 5.98. The normalized spacial score (nSPS) is 40.4. The van der Waals surface area contributed by atoms with Crippen molar-refractivity contribution in [3.05, 3.63) is 12.2 Å². The van der Waals surface area contributed by atoms with Crippen molar-refractivity contribution < 1.29 is 14.6 Å². The van der Waals surface area contributed by atoms with Crippen LogP contribution in [0.3, 0.4) is 0 Å². The number of hydrogen-bond donors (Lipinski definition) is 1. The lowest BCUT2D eigenvalue weighted by Crippen LogP contribution is -2.22. The van der Waals surface area contributed by atoms with E-state index in [1.54, 1.807) is 0 Å². The molecule has 92 valence electrons. The van der Waals surface area contributed by atoms with Gasteiger partial charge >= 0.3 is 0 Å². The van der Waals surface area contributed by atoms with Gasteiger partial charge in [0.05, 0.1) is 18.3 Å². The fraction of sp³-hybridized carbons (Fsp3) is 0.833. The number of rotatable bonds is 4. The summed E-state index contributed by atoms with van der Waals surface area (Å²) >= 11 is 3.66. The second kappa shape index (κ2) is 5.63. The SMILES string of the molecule is CC/C=C/C[C@@H](Br)[C@H]1C[C@H]2OC(O)C[C@H]2O1. The smallest absolute Gasteiger partial charge is 0.157 e. The van der Waals surface area contributed by atoms with Crippen LogP contribution < -0.4 is 0 Å². The van der Waals surface area contributed by atoms with Crippen molar-refractivity contribution in [2.45, 2.75) is 62.0 Å². The van der Waals surface area contributed by atoms with Crippen molar-refractivity contribution in [2.24, 2.45) is 0 Å². The fourth-order valence-electron chi connectivity index (χ4n) is 2.33. The van der Waals surface area contributed by atoms with Gasteiger partial charge in [-0.05, 0) is 12.8 Å². The maximum Gasteiger partial charge on any atom is 0.157 e. The molecule has 2 fully saturated rings. The summed E-state index contributed by atoms with van der Waals surface area (Å²) in [7, 11) is 0. The van der Waals surface area contributed by atoms with Crippen molar-refractivity contribution in [2.75, 3.05) is 0 Å². The number of aliphatic hydroxyl groups excluding tert-OH is 1. The highest BCUT2D eigenvalue weighted by atomic mass is 79.9. The van der Waals surface area contributed by atoms with Crippen LogP contribution in [0.2, 0.25) is 0 Å². The third kappa shape index (κ3) is 2.86. The zero-order valence-electron chi connectivity index (χ0n) is 9.51. The molecule has 1 N–H and O–H groups in total. The third-order valence-corrected chi connectivity index (χ3v) is 4.13. The molecule has 0 aromatic carbocycles. The number of allylic oxidation sites excluding steroid dienone is 2. The number of hydrogen-bond acceptors (Lipinski definition) is 3. The summed E-state index contributed by atoms with van der Waals surface area (Å²) in [6.45, 7) is 2.13. The summed E-state index contributed by atoms with van der Waals surface area (Å²) in [4.78, 5) is 0.349. The highest BCUT2D eigenvalue weighted by molar-refractivity contribution is 9.09. The molecule has 1 unspecified atom stereocenters. The van der Waals surface area contributed by atoms with E-state index in [0.717, 1.165) is 19.3 Å². The van der Waals surface area contributed by atoms with Crippen LogP contribution in [0.5, 0.6) is 0 Å². The number of halogens is 1. The second-order valence-corrected chi connectivity index (χ2v) is 5.62. The molecule has 2 saturated heterocycles. The number of aliphatic hydroxyl groups is 1. The lowest BCUT2D eigenvalue weighted by atomic mass is 10.1. The van der Waals surface area contributed by atoms with Crippen LogP contribution in [0.15, 0.2) is 12.2 Å². The molecule has 0 aromatic rings. The summed E-state index contributed by atoms with van der Waals surface area (Å²) in [5.74, 6) is 0. The lowest BCUT2D eigenvalue weighted by Gasteiger charge is -2.17. The molecule has 2 heterocycles. The molecule has 0 saturated carbocycles. The van der Waals surface area contributed by atoms with Gasteiger partial charge in [-0.25, -0.2) is 0 Å². The minimum absolute atomic E-state index is 0.0928.